The molecule has 1 heteroatoms. The number of rotatable bonds is 7. The fraction of sp³-hybridized carbons (Fsp3) is 1.00. The summed E-state index contributed by atoms with van der Waals surface area (Å²) in [6, 6.07) is 0.684. The molecule has 0 amide bonds. The average molecular weight is 185 g/mol. The maximum Gasteiger partial charge on any atom is 0.0115 e. The molecule has 0 aromatic rings. The van der Waals surface area contributed by atoms with Crippen LogP contribution < -0.4 is 5.32 Å². The summed E-state index contributed by atoms with van der Waals surface area (Å²) < 4.78 is 0. The second-order valence-electron chi connectivity index (χ2n) is 4.68. The van der Waals surface area contributed by atoms with Crippen molar-refractivity contribution in [3.05, 3.63) is 0 Å². The van der Waals surface area contributed by atoms with Gasteiger partial charge in [-0.2, -0.15) is 0 Å². The molecule has 0 aromatic heterocycles. The third kappa shape index (κ3) is 4.66. The van der Waals surface area contributed by atoms with E-state index in [0.717, 1.165) is 0 Å². The van der Waals surface area contributed by atoms with Crippen molar-refractivity contribution in [1.82, 2.24) is 5.32 Å². The lowest BCUT2D eigenvalue weighted by Gasteiger charge is -2.33. The molecule has 0 fully saturated rings. The van der Waals surface area contributed by atoms with Crippen molar-refractivity contribution in [2.24, 2.45) is 5.41 Å². The smallest absolute Gasteiger partial charge is 0.0115 e. The molecule has 0 radical (unpaired) electrons. The summed E-state index contributed by atoms with van der Waals surface area (Å²) in [5.74, 6) is 0. The zero-order chi connectivity index (χ0) is 10.3. The van der Waals surface area contributed by atoms with Crippen LogP contribution in [0.5, 0.6) is 0 Å². The van der Waals surface area contributed by atoms with Gasteiger partial charge >= 0.3 is 0 Å². The topological polar surface area (TPSA) is 12.0 Å². The summed E-state index contributed by atoms with van der Waals surface area (Å²) in [5.41, 5.74) is 0.447. The Morgan fingerprint density at radius 1 is 1.15 bits per heavy atom. The predicted octanol–water partition coefficient (Wildman–Crippen LogP) is 3.59. The lowest BCUT2D eigenvalue weighted by atomic mass is 9.79. The van der Waals surface area contributed by atoms with E-state index in [1.165, 1.54) is 32.1 Å². The van der Waals surface area contributed by atoms with Gasteiger partial charge in [0.05, 0.1) is 0 Å². The quantitative estimate of drug-likeness (QED) is 0.598. The minimum Gasteiger partial charge on any atom is -0.316 e. The van der Waals surface area contributed by atoms with Gasteiger partial charge in [-0.05, 0) is 25.3 Å². The molecule has 0 unspecified atom stereocenters. The molecular formula is C12H27N. The molecule has 0 saturated heterocycles. The molecular weight excluding hydrogens is 158 g/mol. The Kier molecular flexibility index (Phi) is 6.40. The van der Waals surface area contributed by atoms with E-state index < -0.39 is 0 Å². The maximum absolute atomic E-state index is 3.45. The molecule has 1 atom stereocenters. The van der Waals surface area contributed by atoms with Gasteiger partial charge in [0.15, 0.2) is 0 Å². The van der Waals surface area contributed by atoms with Crippen LogP contribution in [0.3, 0.4) is 0 Å². The molecule has 0 saturated carbocycles. The number of nitrogens with one attached hydrogen (secondary N) is 1. The highest BCUT2D eigenvalue weighted by molar-refractivity contribution is 4.81. The van der Waals surface area contributed by atoms with Crippen LogP contribution in [0.1, 0.15) is 59.8 Å². The minimum atomic E-state index is 0.447. The van der Waals surface area contributed by atoms with E-state index in [1.807, 2.05) is 0 Å². The first-order chi connectivity index (χ1) is 6.08. The molecule has 13 heavy (non-hydrogen) atoms. The van der Waals surface area contributed by atoms with Crippen molar-refractivity contribution in [1.29, 1.82) is 0 Å². The van der Waals surface area contributed by atoms with Gasteiger partial charge in [-0.1, -0.05) is 47.0 Å². The Bertz CT molecular complexity index is 118. The lowest BCUT2D eigenvalue weighted by Crippen LogP contribution is -2.39. The normalized spacial score (nSPS) is 14.5. The summed E-state index contributed by atoms with van der Waals surface area (Å²) in [6.45, 7) is 9.27. The van der Waals surface area contributed by atoms with Crippen molar-refractivity contribution < 1.29 is 0 Å². The van der Waals surface area contributed by atoms with Gasteiger partial charge in [-0.15, -0.1) is 0 Å². The summed E-state index contributed by atoms with van der Waals surface area (Å²) in [5, 5.41) is 3.45. The summed E-state index contributed by atoms with van der Waals surface area (Å²) in [7, 11) is 2.09. The monoisotopic (exact) mass is 185 g/mol. The average Bonchev–Trinajstić information content (AvgIpc) is 2.12. The molecule has 0 rings (SSSR count). The second-order valence-corrected chi connectivity index (χ2v) is 4.68. The molecule has 1 N–H and O–H groups in total. The van der Waals surface area contributed by atoms with E-state index in [0.29, 0.717) is 11.5 Å². The van der Waals surface area contributed by atoms with E-state index in [-0.39, 0.29) is 0 Å². The van der Waals surface area contributed by atoms with E-state index in [2.05, 4.69) is 40.1 Å². The standard InChI is InChI=1S/C12H27N/c1-6-8-9-10-11(13-5)12(3,4)7-2/h11,13H,6-10H2,1-5H3/t11-/m1/s1. The van der Waals surface area contributed by atoms with Gasteiger partial charge in [-0.3, -0.25) is 0 Å². The molecule has 0 bridgehead atoms. The van der Waals surface area contributed by atoms with E-state index >= 15 is 0 Å². The zero-order valence-electron chi connectivity index (χ0n) is 10.1. The van der Waals surface area contributed by atoms with Crippen molar-refractivity contribution in [3.63, 3.8) is 0 Å². The van der Waals surface area contributed by atoms with Crippen LogP contribution >= 0.6 is 0 Å². The summed E-state index contributed by atoms with van der Waals surface area (Å²) in [6.07, 6.45) is 6.64. The van der Waals surface area contributed by atoms with Gasteiger partial charge < -0.3 is 5.32 Å². The Hall–Kier alpha value is -0.0400. The largest absolute Gasteiger partial charge is 0.316 e. The Morgan fingerprint density at radius 2 is 1.77 bits per heavy atom. The van der Waals surface area contributed by atoms with Crippen LogP contribution in [-0.4, -0.2) is 13.1 Å². The first-order valence-electron chi connectivity index (χ1n) is 5.75. The van der Waals surface area contributed by atoms with Crippen molar-refractivity contribution in [3.8, 4) is 0 Å². The van der Waals surface area contributed by atoms with Gasteiger partial charge in [0.1, 0.15) is 0 Å². The van der Waals surface area contributed by atoms with Gasteiger partial charge in [0, 0.05) is 6.04 Å². The molecule has 0 aliphatic rings. The highest BCUT2D eigenvalue weighted by Gasteiger charge is 2.25. The van der Waals surface area contributed by atoms with Crippen LogP contribution in [-0.2, 0) is 0 Å². The summed E-state index contributed by atoms with van der Waals surface area (Å²) in [4.78, 5) is 0. The Labute approximate surface area is 84.3 Å². The zero-order valence-corrected chi connectivity index (χ0v) is 10.1. The van der Waals surface area contributed by atoms with Crippen LogP contribution in [0.2, 0.25) is 0 Å². The maximum atomic E-state index is 3.45. The minimum absolute atomic E-state index is 0.447. The van der Waals surface area contributed by atoms with Crippen molar-refractivity contribution in [2.75, 3.05) is 7.05 Å². The van der Waals surface area contributed by atoms with Gasteiger partial charge in [-0.25, -0.2) is 0 Å². The summed E-state index contributed by atoms with van der Waals surface area (Å²) >= 11 is 0. The molecule has 0 aromatic carbocycles. The highest BCUT2D eigenvalue weighted by atomic mass is 14.9. The highest BCUT2D eigenvalue weighted by Crippen LogP contribution is 2.27. The second kappa shape index (κ2) is 6.42. The van der Waals surface area contributed by atoms with Crippen molar-refractivity contribution >= 4 is 0 Å². The first-order valence-corrected chi connectivity index (χ1v) is 5.75. The van der Waals surface area contributed by atoms with Gasteiger partial charge in [0.25, 0.3) is 0 Å². The van der Waals surface area contributed by atoms with Gasteiger partial charge in [0.2, 0.25) is 0 Å². The van der Waals surface area contributed by atoms with Crippen LogP contribution in [0.15, 0.2) is 0 Å². The molecule has 1 nitrogen and oxygen atoms in total. The number of hydrogen-bond donors (Lipinski definition) is 1. The first kappa shape index (κ1) is 13.0. The Balaban J connectivity index is 3.87. The van der Waals surface area contributed by atoms with E-state index in [9.17, 15) is 0 Å². The fourth-order valence-corrected chi connectivity index (χ4v) is 1.77. The molecule has 0 aliphatic carbocycles. The Morgan fingerprint density at radius 3 is 2.15 bits per heavy atom. The predicted molar refractivity (Wildman–Crippen MR) is 61.1 cm³/mol. The number of hydrogen-bond acceptors (Lipinski definition) is 1. The third-order valence-electron chi connectivity index (χ3n) is 3.30. The van der Waals surface area contributed by atoms with Crippen molar-refractivity contribution in [2.45, 2.75) is 65.8 Å². The SMILES string of the molecule is CCCCC[C@@H](NC)C(C)(C)CC. The van der Waals surface area contributed by atoms with Crippen LogP contribution in [0.4, 0.5) is 0 Å². The lowest BCUT2D eigenvalue weighted by molar-refractivity contribution is 0.226. The fourth-order valence-electron chi connectivity index (χ4n) is 1.77. The molecule has 0 spiro atoms. The number of unbranched alkanes of at least 4 members (excludes halogenated alkanes) is 2. The third-order valence-corrected chi connectivity index (χ3v) is 3.30. The van der Waals surface area contributed by atoms with E-state index in [4.69, 9.17) is 0 Å². The molecule has 0 aliphatic heterocycles. The molecule has 0 heterocycles. The van der Waals surface area contributed by atoms with E-state index in [1.54, 1.807) is 0 Å². The molecule has 80 valence electrons. The van der Waals surface area contributed by atoms with Crippen LogP contribution in [0.25, 0.3) is 0 Å². The van der Waals surface area contributed by atoms with Crippen LogP contribution in [0, 0.1) is 5.41 Å².